The minimum atomic E-state index is -0.784. The maximum absolute atomic E-state index is 12.0. The Morgan fingerprint density at radius 2 is 2.06 bits per heavy atom. The van der Waals surface area contributed by atoms with E-state index in [2.05, 4.69) is 11.8 Å². The van der Waals surface area contributed by atoms with E-state index in [0.717, 1.165) is 19.4 Å². The van der Waals surface area contributed by atoms with Gasteiger partial charge in [-0.15, -0.1) is 0 Å². The Balaban J connectivity index is 2.05. The highest BCUT2D eigenvalue weighted by molar-refractivity contribution is 5.81. The van der Waals surface area contributed by atoms with Crippen molar-refractivity contribution in [3.8, 4) is 0 Å². The van der Waals surface area contributed by atoms with Crippen LogP contribution in [0.5, 0.6) is 0 Å². The second kappa shape index (κ2) is 5.57. The lowest BCUT2D eigenvalue weighted by Crippen LogP contribution is -2.59. The molecule has 0 spiro atoms. The molecule has 4 heteroatoms. The Kier molecular flexibility index (Phi) is 4.28. The summed E-state index contributed by atoms with van der Waals surface area (Å²) >= 11 is 0. The van der Waals surface area contributed by atoms with Crippen LogP contribution < -0.4 is 5.73 Å². The second-order valence-electron chi connectivity index (χ2n) is 5.98. The average Bonchev–Trinajstić information content (AvgIpc) is 3.18. The molecule has 2 atom stereocenters. The summed E-state index contributed by atoms with van der Waals surface area (Å²) in [5.41, 5.74) is 5.60. The van der Waals surface area contributed by atoms with Gasteiger partial charge in [0.15, 0.2) is 0 Å². The Labute approximate surface area is 110 Å². The van der Waals surface area contributed by atoms with Crippen LogP contribution >= 0.6 is 0 Å². The molecule has 18 heavy (non-hydrogen) atoms. The van der Waals surface area contributed by atoms with Gasteiger partial charge in [0.1, 0.15) is 5.54 Å². The molecule has 2 fully saturated rings. The van der Waals surface area contributed by atoms with Gasteiger partial charge in [-0.05, 0) is 45.1 Å². The number of nitrogens with two attached hydrogens (primary N) is 1. The predicted octanol–water partition coefficient (Wildman–Crippen LogP) is 1.53. The minimum absolute atomic E-state index is 0.235. The molecule has 1 saturated carbocycles. The first-order valence-electron chi connectivity index (χ1n) is 7.19. The number of carbonyl (C=O) groups excluding carboxylic acids is 1. The Bertz CT molecular complexity index is 304. The van der Waals surface area contributed by atoms with E-state index in [1.807, 2.05) is 0 Å². The quantitative estimate of drug-likeness (QED) is 0.773. The van der Waals surface area contributed by atoms with E-state index in [-0.39, 0.29) is 5.97 Å². The summed E-state index contributed by atoms with van der Waals surface area (Å²) in [6, 6.07) is 0.527. The van der Waals surface area contributed by atoms with Crippen LogP contribution in [0.3, 0.4) is 0 Å². The molecule has 4 nitrogen and oxygen atoms in total. The third-order valence-corrected chi connectivity index (χ3v) is 4.53. The number of carbonyl (C=O) groups is 1. The summed E-state index contributed by atoms with van der Waals surface area (Å²) in [4.78, 5) is 14.4. The van der Waals surface area contributed by atoms with Crippen LogP contribution in [0, 0.1) is 5.92 Å². The second-order valence-corrected chi connectivity index (χ2v) is 5.98. The number of likely N-dealkylation sites (tertiary alicyclic amines) is 1. The first-order chi connectivity index (χ1) is 8.58. The zero-order chi connectivity index (χ0) is 13.2. The van der Waals surface area contributed by atoms with Crippen LogP contribution in [-0.2, 0) is 9.53 Å². The lowest BCUT2D eigenvalue weighted by atomic mass is 9.93. The standard InChI is InChI=1S/C14H26N2O2/c1-11-6-4-3-5-9-16(11)10-14(15,12-7-8-12)13(17)18-2/h11-12H,3-10,15H2,1-2H3. The molecule has 1 aliphatic carbocycles. The Morgan fingerprint density at radius 1 is 1.33 bits per heavy atom. The van der Waals surface area contributed by atoms with Crippen LogP contribution in [0.1, 0.15) is 45.4 Å². The molecular formula is C14H26N2O2. The summed E-state index contributed by atoms with van der Waals surface area (Å²) in [6.45, 7) is 3.96. The predicted molar refractivity (Wildman–Crippen MR) is 71.2 cm³/mol. The van der Waals surface area contributed by atoms with E-state index in [1.165, 1.54) is 32.8 Å². The monoisotopic (exact) mass is 254 g/mol. The third kappa shape index (κ3) is 2.86. The highest BCUT2D eigenvalue weighted by atomic mass is 16.5. The van der Waals surface area contributed by atoms with Gasteiger partial charge in [0.25, 0.3) is 0 Å². The summed E-state index contributed by atoms with van der Waals surface area (Å²) in [6.07, 6.45) is 7.13. The molecule has 0 aromatic rings. The number of nitrogens with zero attached hydrogens (tertiary/aromatic N) is 1. The number of esters is 1. The Morgan fingerprint density at radius 3 is 2.67 bits per heavy atom. The van der Waals surface area contributed by atoms with Crippen LogP contribution in [-0.4, -0.2) is 42.6 Å². The number of ether oxygens (including phenoxy) is 1. The molecule has 2 aliphatic rings. The van der Waals surface area contributed by atoms with Crippen molar-refractivity contribution in [2.24, 2.45) is 11.7 Å². The molecule has 2 rings (SSSR count). The Hall–Kier alpha value is -0.610. The van der Waals surface area contributed by atoms with Gasteiger partial charge < -0.3 is 10.5 Å². The van der Waals surface area contributed by atoms with Crippen molar-refractivity contribution in [3.63, 3.8) is 0 Å². The van der Waals surface area contributed by atoms with Gasteiger partial charge in [-0.1, -0.05) is 12.8 Å². The van der Waals surface area contributed by atoms with Crippen LogP contribution in [0.15, 0.2) is 0 Å². The summed E-state index contributed by atoms with van der Waals surface area (Å²) in [5, 5.41) is 0. The average molecular weight is 254 g/mol. The van der Waals surface area contributed by atoms with Gasteiger partial charge >= 0.3 is 5.97 Å². The fourth-order valence-corrected chi connectivity index (χ4v) is 3.05. The topological polar surface area (TPSA) is 55.6 Å². The van der Waals surface area contributed by atoms with Crippen molar-refractivity contribution in [3.05, 3.63) is 0 Å². The molecule has 1 saturated heterocycles. The number of hydrogen-bond acceptors (Lipinski definition) is 4. The van der Waals surface area contributed by atoms with Crippen LogP contribution in [0.4, 0.5) is 0 Å². The molecule has 0 radical (unpaired) electrons. The molecule has 104 valence electrons. The normalized spacial score (nSPS) is 29.4. The SMILES string of the molecule is COC(=O)C(N)(CN1CCCCCC1C)C1CC1. The minimum Gasteiger partial charge on any atom is -0.468 e. The van der Waals surface area contributed by atoms with Crippen LogP contribution in [0.25, 0.3) is 0 Å². The lowest BCUT2D eigenvalue weighted by Gasteiger charge is -2.36. The van der Waals surface area contributed by atoms with Gasteiger partial charge in [0.05, 0.1) is 7.11 Å². The van der Waals surface area contributed by atoms with Gasteiger partial charge in [0.2, 0.25) is 0 Å². The smallest absolute Gasteiger partial charge is 0.327 e. The zero-order valence-corrected chi connectivity index (χ0v) is 11.7. The molecule has 0 aromatic carbocycles. The molecular weight excluding hydrogens is 228 g/mol. The van der Waals surface area contributed by atoms with Crippen molar-refractivity contribution in [2.45, 2.75) is 57.0 Å². The van der Waals surface area contributed by atoms with E-state index in [0.29, 0.717) is 18.5 Å². The molecule has 0 bridgehead atoms. The molecule has 1 aliphatic heterocycles. The van der Waals surface area contributed by atoms with Crippen molar-refractivity contribution in [2.75, 3.05) is 20.2 Å². The van der Waals surface area contributed by atoms with E-state index in [9.17, 15) is 4.79 Å². The number of hydrogen-bond donors (Lipinski definition) is 1. The third-order valence-electron chi connectivity index (χ3n) is 4.53. The van der Waals surface area contributed by atoms with Crippen molar-refractivity contribution >= 4 is 5.97 Å². The van der Waals surface area contributed by atoms with E-state index >= 15 is 0 Å². The molecule has 2 N–H and O–H groups in total. The highest BCUT2D eigenvalue weighted by Gasteiger charge is 2.50. The highest BCUT2D eigenvalue weighted by Crippen LogP contribution is 2.40. The molecule has 2 unspecified atom stereocenters. The number of rotatable bonds is 4. The van der Waals surface area contributed by atoms with Gasteiger partial charge in [-0.2, -0.15) is 0 Å². The van der Waals surface area contributed by atoms with Crippen molar-refractivity contribution in [1.29, 1.82) is 0 Å². The molecule has 0 aromatic heterocycles. The molecule has 0 amide bonds. The fraction of sp³-hybridized carbons (Fsp3) is 0.929. The lowest BCUT2D eigenvalue weighted by molar-refractivity contribution is -0.149. The number of methoxy groups -OCH3 is 1. The van der Waals surface area contributed by atoms with Gasteiger partial charge in [-0.25, -0.2) is 0 Å². The van der Waals surface area contributed by atoms with E-state index in [1.54, 1.807) is 0 Å². The molecule has 1 heterocycles. The summed E-state index contributed by atoms with van der Waals surface area (Å²) < 4.78 is 4.93. The van der Waals surface area contributed by atoms with Gasteiger partial charge in [-0.3, -0.25) is 9.69 Å². The fourth-order valence-electron chi connectivity index (χ4n) is 3.05. The maximum atomic E-state index is 12.0. The van der Waals surface area contributed by atoms with E-state index in [4.69, 9.17) is 10.5 Å². The summed E-state index contributed by atoms with van der Waals surface area (Å²) in [5.74, 6) is 0.0850. The van der Waals surface area contributed by atoms with Crippen molar-refractivity contribution in [1.82, 2.24) is 4.90 Å². The first-order valence-corrected chi connectivity index (χ1v) is 7.19. The van der Waals surface area contributed by atoms with E-state index < -0.39 is 5.54 Å². The zero-order valence-electron chi connectivity index (χ0n) is 11.7. The van der Waals surface area contributed by atoms with Crippen LogP contribution in [0.2, 0.25) is 0 Å². The van der Waals surface area contributed by atoms with Crippen molar-refractivity contribution < 1.29 is 9.53 Å². The first kappa shape index (κ1) is 13.8. The summed E-state index contributed by atoms with van der Waals surface area (Å²) in [7, 11) is 1.44. The largest absolute Gasteiger partial charge is 0.468 e. The van der Waals surface area contributed by atoms with Gasteiger partial charge in [0, 0.05) is 12.6 Å². The maximum Gasteiger partial charge on any atom is 0.327 e.